The highest BCUT2D eigenvalue weighted by atomic mass is 19.1. The van der Waals surface area contributed by atoms with Gasteiger partial charge in [0.1, 0.15) is 12.5 Å². The van der Waals surface area contributed by atoms with E-state index in [-0.39, 0.29) is 5.56 Å². The third kappa shape index (κ3) is 1.42. The van der Waals surface area contributed by atoms with Crippen molar-refractivity contribution in [2.45, 2.75) is 6.67 Å². The predicted molar refractivity (Wildman–Crippen MR) is 38.2 cm³/mol. The van der Waals surface area contributed by atoms with E-state index in [4.69, 9.17) is 5.11 Å². The van der Waals surface area contributed by atoms with Gasteiger partial charge in [0.15, 0.2) is 0 Å². The van der Waals surface area contributed by atoms with Crippen LogP contribution in [0.15, 0.2) is 18.2 Å². The first-order valence-electron chi connectivity index (χ1n) is 3.23. The highest BCUT2D eigenvalue weighted by Gasteiger charge is 2.12. The van der Waals surface area contributed by atoms with Gasteiger partial charge in [0.2, 0.25) is 0 Å². The molecule has 64 valence electrons. The summed E-state index contributed by atoms with van der Waals surface area (Å²) in [7, 11) is 0. The number of hydrogen-bond acceptors (Lipinski definition) is 1. The monoisotopic (exact) mass is 172 g/mol. The normalized spacial score (nSPS) is 9.83. The molecule has 0 saturated carbocycles. The third-order valence-electron chi connectivity index (χ3n) is 1.48. The maximum Gasteiger partial charge on any atom is 0.336 e. The maximum absolute atomic E-state index is 12.7. The van der Waals surface area contributed by atoms with E-state index in [1.54, 1.807) is 0 Å². The summed E-state index contributed by atoms with van der Waals surface area (Å²) in [6.07, 6.45) is 0. The molecule has 0 atom stereocenters. The van der Waals surface area contributed by atoms with Crippen molar-refractivity contribution in [3.8, 4) is 0 Å². The summed E-state index contributed by atoms with van der Waals surface area (Å²) in [6, 6.07) is 3.43. The number of alkyl halides is 1. The fourth-order valence-corrected chi connectivity index (χ4v) is 0.895. The minimum Gasteiger partial charge on any atom is -0.478 e. The standard InChI is InChI=1S/C8H6F2O2/c9-4-6-5(8(11)12)2-1-3-7(6)10/h1-3H,4H2,(H,11,12). The van der Waals surface area contributed by atoms with Crippen molar-refractivity contribution in [3.05, 3.63) is 35.1 Å². The van der Waals surface area contributed by atoms with Crippen molar-refractivity contribution >= 4 is 5.97 Å². The molecule has 12 heavy (non-hydrogen) atoms. The lowest BCUT2D eigenvalue weighted by molar-refractivity contribution is 0.0694. The number of benzene rings is 1. The molecule has 1 rings (SSSR count). The van der Waals surface area contributed by atoms with E-state index in [1.807, 2.05) is 0 Å². The van der Waals surface area contributed by atoms with Gasteiger partial charge >= 0.3 is 5.97 Å². The Morgan fingerprint density at radius 1 is 1.50 bits per heavy atom. The second-order valence-corrected chi connectivity index (χ2v) is 2.20. The maximum atomic E-state index is 12.7. The van der Waals surface area contributed by atoms with E-state index in [1.165, 1.54) is 12.1 Å². The first-order valence-corrected chi connectivity index (χ1v) is 3.23. The van der Waals surface area contributed by atoms with E-state index in [0.29, 0.717) is 0 Å². The molecule has 0 amide bonds. The van der Waals surface area contributed by atoms with Crippen LogP contribution in [-0.4, -0.2) is 11.1 Å². The quantitative estimate of drug-likeness (QED) is 0.740. The van der Waals surface area contributed by atoms with Gasteiger partial charge in [0.05, 0.1) is 5.56 Å². The van der Waals surface area contributed by atoms with E-state index in [9.17, 15) is 13.6 Å². The number of carbonyl (C=O) groups is 1. The van der Waals surface area contributed by atoms with Crippen molar-refractivity contribution in [1.29, 1.82) is 0 Å². The Balaban J connectivity index is 3.27. The summed E-state index contributed by atoms with van der Waals surface area (Å²) in [4.78, 5) is 10.4. The Hall–Kier alpha value is -1.45. The van der Waals surface area contributed by atoms with Gasteiger partial charge < -0.3 is 5.11 Å². The van der Waals surface area contributed by atoms with Gasteiger partial charge in [-0.05, 0) is 12.1 Å². The zero-order valence-electron chi connectivity index (χ0n) is 6.05. The third-order valence-corrected chi connectivity index (χ3v) is 1.48. The fraction of sp³-hybridized carbons (Fsp3) is 0.125. The Kier molecular flexibility index (Phi) is 2.38. The average molecular weight is 172 g/mol. The Labute approximate surface area is 67.4 Å². The second-order valence-electron chi connectivity index (χ2n) is 2.20. The largest absolute Gasteiger partial charge is 0.478 e. The summed E-state index contributed by atoms with van der Waals surface area (Å²) in [5, 5.41) is 8.49. The van der Waals surface area contributed by atoms with Gasteiger partial charge in [-0.3, -0.25) is 0 Å². The van der Waals surface area contributed by atoms with Gasteiger partial charge in [-0.25, -0.2) is 13.6 Å². The Bertz CT molecular complexity index is 310. The van der Waals surface area contributed by atoms with Gasteiger partial charge in [0.25, 0.3) is 0 Å². The summed E-state index contributed by atoms with van der Waals surface area (Å²) in [6.45, 7) is -1.10. The molecule has 1 N–H and O–H groups in total. The van der Waals surface area contributed by atoms with Crippen LogP contribution in [0.5, 0.6) is 0 Å². The van der Waals surface area contributed by atoms with Crippen molar-refractivity contribution in [2.75, 3.05) is 0 Å². The van der Waals surface area contributed by atoms with Crippen LogP contribution in [0, 0.1) is 5.82 Å². The molecule has 0 saturated heterocycles. The molecule has 0 aliphatic carbocycles. The van der Waals surface area contributed by atoms with Crippen LogP contribution in [0.3, 0.4) is 0 Å². The summed E-state index contributed by atoms with van der Waals surface area (Å²) < 4.78 is 24.8. The lowest BCUT2D eigenvalue weighted by atomic mass is 10.1. The van der Waals surface area contributed by atoms with E-state index < -0.39 is 24.0 Å². The lowest BCUT2D eigenvalue weighted by Gasteiger charge is -2.01. The zero-order valence-corrected chi connectivity index (χ0v) is 6.05. The number of carboxylic acid groups (broad SMARTS) is 1. The second kappa shape index (κ2) is 3.30. The van der Waals surface area contributed by atoms with Gasteiger partial charge in [-0.15, -0.1) is 0 Å². The number of aromatic carboxylic acids is 1. The van der Waals surface area contributed by atoms with Gasteiger partial charge in [-0.1, -0.05) is 6.07 Å². The summed E-state index contributed by atoms with van der Waals surface area (Å²) >= 11 is 0. The first-order chi connectivity index (χ1) is 5.66. The topological polar surface area (TPSA) is 37.3 Å². The molecular formula is C8H6F2O2. The predicted octanol–water partition coefficient (Wildman–Crippen LogP) is 1.99. The average Bonchev–Trinajstić information content (AvgIpc) is 2.03. The molecule has 4 heteroatoms. The molecule has 1 aromatic carbocycles. The molecule has 1 aromatic rings. The molecule has 0 fully saturated rings. The first kappa shape index (κ1) is 8.64. The zero-order chi connectivity index (χ0) is 9.14. The molecular weight excluding hydrogens is 166 g/mol. The van der Waals surface area contributed by atoms with Crippen LogP contribution in [0.2, 0.25) is 0 Å². The SMILES string of the molecule is O=C(O)c1cccc(F)c1CF. The molecule has 0 radical (unpaired) electrons. The highest BCUT2D eigenvalue weighted by Crippen LogP contribution is 2.14. The molecule has 2 nitrogen and oxygen atoms in total. The van der Waals surface area contributed by atoms with Crippen molar-refractivity contribution in [2.24, 2.45) is 0 Å². The van der Waals surface area contributed by atoms with Crippen molar-refractivity contribution < 1.29 is 18.7 Å². The minimum absolute atomic E-state index is 0.322. The van der Waals surface area contributed by atoms with E-state index in [0.717, 1.165) is 6.07 Å². The number of hydrogen-bond donors (Lipinski definition) is 1. The van der Waals surface area contributed by atoms with Crippen LogP contribution in [0.4, 0.5) is 8.78 Å². The molecule has 0 unspecified atom stereocenters. The van der Waals surface area contributed by atoms with Crippen LogP contribution < -0.4 is 0 Å². The van der Waals surface area contributed by atoms with Crippen LogP contribution in [-0.2, 0) is 6.67 Å². The van der Waals surface area contributed by atoms with Crippen LogP contribution in [0.25, 0.3) is 0 Å². The van der Waals surface area contributed by atoms with E-state index >= 15 is 0 Å². The Morgan fingerprint density at radius 2 is 2.17 bits per heavy atom. The molecule has 0 aliphatic rings. The Morgan fingerprint density at radius 3 is 2.58 bits per heavy atom. The molecule has 0 heterocycles. The van der Waals surface area contributed by atoms with Crippen molar-refractivity contribution in [3.63, 3.8) is 0 Å². The van der Waals surface area contributed by atoms with E-state index in [2.05, 4.69) is 0 Å². The number of carboxylic acids is 1. The summed E-state index contributed by atoms with van der Waals surface area (Å²) in [5.74, 6) is -2.14. The molecule has 0 bridgehead atoms. The molecule has 0 aromatic heterocycles. The summed E-state index contributed by atoms with van der Waals surface area (Å²) in [5.41, 5.74) is -0.720. The minimum atomic E-state index is -1.32. The molecule has 0 spiro atoms. The lowest BCUT2D eigenvalue weighted by Crippen LogP contribution is -2.03. The van der Waals surface area contributed by atoms with Gasteiger partial charge in [0, 0.05) is 5.56 Å². The van der Waals surface area contributed by atoms with Crippen LogP contribution >= 0.6 is 0 Å². The number of halogens is 2. The van der Waals surface area contributed by atoms with Crippen LogP contribution in [0.1, 0.15) is 15.9 Å². The fourth-order valence-electron chi connectivity index (χ4n) is 0.895. The van der Waals surface area contributed by atoms with Crippen molar-refractivity contribution in [1.82, 2.24) is 0 Å². The number of rotatable bonds is 2. The van der Waals surface area contributed by atoms with Gasteiger partial charge in [-0.2, -0.15) is 0 Å². The molecule has 0 aliphatic heterocycles. The smallest absolute Gasteiger partial charge is 0.336 e. The highest BCUT2D eigenvalue weighted by molar-refractivity contribution is 5.89.